The van der Waals surface area contributed by atoms with Crippen molar-refractivity contribution in [3.8, 4) is 0 Å². The number of rotatable bonds is 9. The molecule has 0 aromatic heterocycles. The van der Waals surface area contributed by atoms with E-state index in [9.17, 15) is 0 Å². The lowest BCUT2D eigenvalue weighted by Gasteiger charge is -2.12. The van der Waals surface area contributed by atoms with Crippen molar-refractivity contribution in [1.82, 2.24) is 4.90 Å². The summed E-state index contributed by atoms with van der Waals surface area (Å²) in [5.74, 6) is 0. The van der Waals surface area contributed by atoms with Gasteiger partial charge in [-0.15, -0.1) is 0 Å². The van der Waals surface area contributed by atoms with Gasteiger partial charge in [0.1, 0.15) is 0 Å². The Kier molecular flexibility index (Phi) is 7.51. The Bertz CT molecular complexity index is 321. The third-order valence-corrected chi connectivity index (χ3v) is 3.04. The molecular weight excluding hydrogens is 220 g/mol. The standard InChI is InChI=1S/C16H28N2/c1-4-5-6-7-8-12-17-16-11-9-10-15(13-16)14-18(2)3/h9-11,13,17H,4-8,12,14H2,1-3H3. The van der Waals surface area contributed by atoms with Crippen LogP contribution in [0.15, 0.2) is 24.3 Å². The normalized spacial score (nSPS) is 10.9. The Balaban J connectivity index is 2.25. The first-order valence-corrected chi connectivity index (χ1v) is 7.20. The zero-order chi connectivity index (χ0) is 13.2. The molecule has 0 aliphatic rings. The van der Waals surface area contributed by atoms with E-state index in [1.807, 2.05) is 0 Å². The largest absolute Gasteiger partial charge is 0.385 e. The van der Waals surface area contributed by atoms with E-state index < -0.39 is 0 Å². The molecule has 0 unspecified atom stereocenters. The maximum atomic E-state index is 3.52. The highest BCUT2D eigenvalue weighted by molar-refractivity contribution is 5.45. The van der Waals surface area contributed by atoms with Crippen LogP contribution >= 0.6 is 0 Å². The molecule has 0 heterocycles. The van der Waals surface area contributed by atoms with Gasteiger partial charge in [0.25, 0.3) is 0 Å². The van der Waals surface area contributed by atoms with Crippen molar-refractivity contribution >= 4 is 5.69 Å². The summed E-state index contributed by atoms with van der Waals surface area (Å²) in [6.07, 6.45) is 6.69. The van der Waals surface area contributed by atoms with Crippen molar-refractivity contribution in [2.45, 2.75) is 45.6 Å². The molecule has 0 atom stereocenters. The van der Waals surface area contributed by atoms with Crippen LogP contribution in [-0.2, 0) is 6.54 Å². The second-order valence-corrected chi connectivity index (χ2v) is 5.28. The van der Waals surface area contributed by atoms with Crippen molar-refractivity contribution in [2.24, 2.45) is 0 Å². The molecule has 0 fully saturated rings. The molecule has 0 bridgehead atoms. The van der Waals surface area contributed by atoms with Crippen LogP contribution in [-0.4, -0.2) is 25.5 Å². The third kappa shape index (κ3) is 6.65. The topological polar surface area (TPSA) is 15.3 Å². The maximum absolute atomic E-state index is 3.52. The zero-order valence-electron chi connectivity index (χ0n) is 12.2. The highest BCUT2D eigenvalue weighted by Gasteiger charge is 1.97. The van der Waals surface area contributed by atoms with Crippen LogP contribution in [0.5, 0.6) is 0 Å². The maximum Gasteiger partial charge on any atom is 0.0343 e. The molecule has 1 rings (SSSR count). The number of hydrogen-bond acceptors (Lipinski definition) is 2. The van der Waals surface area contributed by atoms with E-state index in [0.717, 1.165) is 13.1 Å². The Morgan fingerprint density at radius 2 is 1.83 bits per heavy atom. The first kappa shape index (κ1) is 15.0. The van der Waals surface area contributed by atoms with Crippen molar-refractivity contribution < 1.29 is 0 Å². The molecule has 0 spiro atoms. The lowest BCUT2D eigenvalue weighted by atomic mass is 10.1. The first-order chi connectivity index (χ1) is 8.72. The van der Waals surface area contributed by atoms with Gasteiger partial charge >= 0.3 is 0 Å². The van der Waals surface area contributed by atoms with E-state index >= 15 is 0 Å². The lowest BCUT2D eigenvalue weighted by molar-refractivity contribution is 0.402. The Morgan fingerprint density at radius 1 is 1.06 bits per heavy atom. The summed E-state index contributed by atoms with van der Waals surface area (Å²) < 4.78 is 0. The second-order valence-electron chi connectivity index (χ2n) is 5.28. The fraction of sp³-hybridized carbons (Fsp3) is 0.625. The van der Waals surface area contributed by atoms with E-state index in [0.29, 0.717) is 0 Å². The molecule has 0 saturated heterocycles. The smallest absolute Gasteiger partial charge is 0.0343 e. The van der Waals surface area contributed by atoms with Gasteiger partial charge in [-0.1, -0.05) is 44.7 Å². The molecule has 1 aromatic rings. The predicted octanol–water partition coefficient (Wildman–Crippen LogP) is 4.13. The van der Waals surface area contributed by atoms with Gasteiger partial charge in [-0.05, 0) is 38.2 Å². The average molecular weight is 248 g/mol. The Morgan fingerprint density at radius 3 is 2.56 bits per heavy atom. The summed E-state index contributed by atoms with van der Waals surface area (Å²) in [4.78, 5) is 2.20. The summed E-state index contributed by atoms with van der Waals surface area (Å²) in [5, 5.41) is 3.52. The number of hydrogen-bond donors (Lipinski definition) is 1. The van der Waals surface area contributed by atoms with Gasteiger partial charge in [0, 0.05) is 18.8 Å². The number of nitrogens with one attached hydrogen (secondary N) is 1. The number of nitrogens with zero attached hydrogens (tertiary/aromatic N) is 1. The minimum atomic E-state index is 1.01. The van der Waals surface area contributed by atoms with Gasteiger partial charge in [0.05, 0.1) is 0 Å². The molecule has 0 aliphatic carbocycles. The van der Waals surface area contributed by atoms with E-state index in [1.165, 1.54) is 43.4 Å². The predicted molar refractivity (Wildman–Crippen MR) is 81.1 cm³/mol. The van der Waals surface area contributed by atoms with E-state index in [2.05, 4.69) is 55.5 Å². The third-order valence-electron chi connectivity index (χ3n) is 3.04. The molecule has 0 amide bonds. The number of unbranched alkanes of at least 4 members (excludes halogenated alkanes) is 4. The van der Waals surface area contributed by atoms with Crippen LogP contribution in [0.2, 0.25) is 0 Å². The molecule has 0 saturated carbocycles. The van der Waals surface area contributed by atoms with Gasteiger partial charge in [-0.3, -0.25) is 0 Å². The fourth-order valence-electron chi connectivity index (χ4n) is 2.11. The Labute approximate surface area is 112 Å². The van der Waals surface area contributed by atoms with Crippen LogP contribution in [0.4, 0.5) is 5.69 Å². The van der Waals surface area contributed by atoms with Crippen molar-refractivity contribution in [3.63, 3.8) is 0 Å². The van der Waals surface area contributed by atoms with E-state index in [1.54, 1.807) is 0 Å². The summed E-state index contributed by atoms with van der Waals surface area (Å²) >= 11 is 0. The second kappa shape index (κ2) is 8.98. The Hall–Kier alpha value is -1.02. The SMILES string of the molecule is CCCCCCCNc1cccc(CN(C)C)c1. The van der Waals surface area contributed by atoms with Crippen LogP contribution in [0, 0.1) is 0 Å². The molecule has 2 heteroatoms. The zero-order valence-corrected chi connectivity index (χ0v) is 12.2. The molecule has 18 heavy (non-hydrogen) atoms. The lowest BCUT2D eigenvalue weighted by Crippen LogP contribution is -2.11. The van der Waals surface area contributed by atoms with Gasteiger partial charge in [0.2, 0.25) is 0 Å². The minimum Gasteiger partial charge on any atom is -0.385 e. The highest BCUT2D eigenvalue weighted by atomic mass is 15.0. The molecule has 0 aliphatic heterocycles. The van der Waals surface area contributed by atoms with Gasteiger partial charge in [-0.25, -0.2) is 0 Å². The monoisotopic (exact) mass is 248 g/mol. The highest BCUT2D eigenvalue weighted by Crippen LogP contribution is 2.12. The minimum absolute atomic E-state index is 1.01. The molecular formula is C16H28N2. The van der Waals surface area contributed by atoms with Crippen LogP contribution in [0.1, 0.15) is 44.6 Å². The number of anilines is 1. The van der Waals surface area contributed by atoms with Crippen LogP contribution in [0.25, 0.3) is 0 Å². The first-order valence-electron chi connectivity index (χ1n) is 7.20. The van der Waals surface area contributed by atoms with E-state index in [-0.39, 0.29) is 0 Å². The fourth-order valence-corrected chi connectivity index (χ4v) is 2.11. The summed E-state index contributed by atoms with van der Waals surface area (Å²) in [6.45, 7) is 4.36. The van der Waals surface area contributed by atoms with Gasteiger partial charge in [-0.2, -0.15) is 0 Å². The molecule has 0 radical (unpaired) electrons. The molecule has 1 N–H and O–H groups in total. The molecule has 1 aromatic carbocycles. The average Bonchev–Trinajstić information content (AvgIpc) is 2.33. The molecule has 102 valence electrons. The molecule has 2 nitrogen and oxygen atoms in total. The van der Waals surface area contributed by atoms with E-state index in [4.69, 9.17) is 0 Å². The summed E-state index contributed by atoms with van der Waals surface area (Å²) in [5.41, 5.74) is 2.63. The quantitative estimate of drug-likeness (QED) is 0.661. The summed E-state index contributed by atoms with van der Waals surface area (Å²) in [6, 6.07) is 8.74. The van der Waals surface area contributed by atoms with Crippen molar-refractivity contribution in [1.29, 1.82) is 0 Å². The van der Waals surface area contributed by atoms with Crippen molar-refractivity contribution in [3.05, 3.63) is 29.8 Å². The van der Waals surface area contributed by atoms with Gasteiger partial charge < -0.3 is 10.2 Å². The number of benzene rings is 1. The van der Waals surface area contributed by atoms with Gasteiger partial charge in [0.15, 0.2) is 0 Å². The van der Waals surface area contributed by atoms with Crippen molar-refractivity contribution in [2.75, 3.05) is 26.0 Å². The summed E-state index contributed by atoms with van der Waals surface area (Å²) in [7, 11) is 4.21. The van der Waals surface area contributed by atoms with Crippen LogP contribution in [0.3, 0.4) is 0 Å². The van der Waals surface area contributed by atoms with Crippen LogP contribution < -0.4 is 5.32 Å².